The Morgan fingerprint density at radius 1 is 1.14 bits per heavy atom. The number of fused-ring (bicyclic) bond motifs is 1. The SMILES string of the molecule is O=S(=O)(N=S1(=O)CCCC1)Nc1cc2ccccc2cn1. The maximum Gasteiger partial charge on any atom is 0.351 e. The first-order valence-corrected chi connectivity index (χ1v) is 9.87. The van der Waals surface area contributed by atoms with Gasteiger partial charge < -0.3 is 0 Å². The van der Waals surface area contributed by atoms with Crippen LogP contribution < -0.4 is 4.72 Å². The average Bonchev–Trinajstić information content (AvgIpc) is 2.83. The van der Waals surface area contributed by atoms with E-state index in [4.69, 9.17) is 0 Å². The zero-order valence-corrected chi connectivity index (χ0v) is 12.9. The van der Waals surface area contributed by atoms with E-state index in [2.05, 4.69) is 13.5 Å². The number of nitrogens with zero attached hydrogens (tertiary/aromatic N) is 2. The number of hydrogen-bond donors (Lipinski definition) is 1. The number of anilines is 1. The van der Waals surface area contributed by atoms with Gasteiger partial charge in [-0.3, -0.25) is 0 Å². The minimum atomic E-state index is -4.01. The highest BCUT2D eigenvalue weighted by Crippen LogP contribution is 2.19. The Morgan fingerprint density at radius 2 is 1.81 bits per heavy atom. The maximum absolute atomic E-state index is 12.2. The Balaban J connectivity index is 1.92. The Kier molecular flexibility index (Phi) is 3.58. The topological polar surface area (TPSA) is 88.5 Å². The molecule has 0 atom stereocenters. The van der Waals surface area contributed by atoms with Gasteiger partial charge in [-0.1, -0.05) is 28.0 Å². The van der Waals surface area contributed by atoms with Gasteiger partial charge in [-0.15, -0.1) is 0 Å². The second-order valence-electron chi connectivity index (χ2n) is 4.96. The van der Waals surface area contributed by atoms with Crippen molar-refractivity contribution in [2.45, 2.75) is 12.8 Å². The molecule has 0 saturated carbocycles. The third-order valence-corrected chi connectivity index (χ3v) is 7.47. The summed E-state index contributed by atoms with van der Waals surface area (Å²) >= 11 is 0. The minimum absolute atomic E-state index is 0.179. The standard InChI is InChI=1S/C13H15N3O3S2/c17-20(7-3-4-8-20)16-21(18,19)15-13-9-11-5-1-2-6-12(11)10-14-13/h1-2,5-6,9-10H,3-4,7-8H2,(H,14,15). The normalized spacial score (nSPS) is 17.7. The first-order chi connectivity index (χ1) is 9.96. The summed E-state index contributed by atoms with van der Waals surface area (Å²) in [6.07, 6.45) is 3.10. The number of rotatable bonds is 3. The van der Waals surface area contributed by atoms with E-state index in [0.717, 1.165) is 23.6 Å². The first-order valence-electron chi connectivity index (χ1n) is 6.57. The zero-order valence-electron chi connectivity index (χ0n) is 11.2. The van der Waals surface area contributed by atoms with Gasteiger partial charge in [-0.25, -0.2) is 13.9 Å². The molecule has 0 aliphatic carbocycles. The summed E-state index contributed by atoms with van der Waals surface area (Å²) in [6.45, 7) is 0. The van der Waals surface area contributed by atoms with Crippen molar-refractivity contribution in [3.8, 4) is 0 Å². The van der Waals surface area contributed by atoms with Gasteiger partial charge in [0.1, 0.15) is 5.82 Å². The van der Waals surface area contributed by atoms with Gasteiger partial charge in [0.15, 0.2) is 0 Å². The van der Waals surface area contributed by atoms with Crippen molar-refractivity contribution in [2.24, 2.45) is 3.77 Å². The molecule has 1 aromatic carbocycles. The van der Waals surface area contributed by atoms with E-state index in [1.807, 2.05) is 24.3 Å². The van der Waals surface area contributed by atoms with E-state index in [0.29, 0.717) is 11.5 Å². The van der Waals surface area contributed by atoms with Gasteiger partial charge in [0, 0.05) is 23.1 Å². The van der Waals surface area contributed by atoms with E-state index >= 15 is 0 Å². The van der Waals surface area contributed by atoms with Crippen molar-refractivity contribution in [3.63, 3.8) is 0 Å². The lowest BCUT2D eigenvalue weighted by molar-refractivity contribution is 0.603. The highest BCUT2D eigenvalue weighted by Gasteiger charge is 2.21. The summed E-state index contributed by atoms with van der Waals surface area (Å²) in [5.41, 5.74) is 0. The van der Waals surface area contributed by atoms with E-state index in [9.17, 15) is 12.6 Å². The highest BCUT2D eigenvalue weighted by atomic mass is 32.3. The van der Waals surface area contributed by atoms with Gasteiger partial charge in [-0.2, -0.15) is 8.42 Å². The Labute approximate surface area is 124 Å². The molecule has 1 saturated heterocycles. The molecule has 6 nitrogen and oxygen atoms in total. The first kappa shape index (κ1) is 14.3. The number of benzene rings is 1. The Hall–Kier alpha value is -1.67. The predicted octanol–water partition coefficient (Wildman–Crippen LogP) is 2.15. The minimum Gasteiger partial charge on any atom is -0.249 e. The van der Waals surface area contributed by atoms with Crippen LogP contribution in [0.15, 0.2) is 40.3 Å². The fraction of sp³-hybridized carbons (Fsp3) is 0.308. The molecule has 0 radical (unpaired) electrons. The average molecular weight is 325 g/mol. The molecule has 0 amide bonds. The monoisotopic (exact) mass is 325 g/mol. The molecule has 1 fully saturated rings. The molecule has 1 aromatic heterocycles. The van der Waals surface area contributed by atoms with Crippen LogP contribution in [0, 0.1) is 0 Å². The molecule has 21 heavy (non-hydrogen) atoms. The van der Waals surface area contributed by atoms with Crippen LogP contribution >= 0.6 is 0 Å². The fourth-order valence-corrected chi connectivity index (χ4v) is 6.37. The van der Waals surface area contributed by atoms with Crippen LogP contribution in [0.3, 0.4) is 0 Å². The Morgan fingerprint density at radius 3 is 2.52 bits per heavy atom. The summed E-state index contributed by atoms with van der Waals surface area (Å²) in [7, 11) is -6.64. The van der Waals surface area contributed by atoms with Crippen LogP contribution in [-0.4, -0.2) is 29.1 Å². The van der Waals surface area contributed by atoms with E-state index in [-0.39, 0.29) is 5.82 Å². The molecule has 3 rings (SSSR count). The van der Waals surface area contributed by atoms with Crippen molar-refractivity contribution in [2.75, 3.05) is 16.2 Å². The number of hydrogen-bond acceptors (Lipinski definition) is 4. The van der Waals surface area contributed by atoms with Crippen molar-refractivity contribution >= 4 is 36.5 Å². The molecule has 1 N–H and O–H groups in total. The zero-order chi connectivity index (χ0) is 14.9. The second kappa shape index (κ2) is 5.27. The third kappa shape index (κ3) is 3.33. The van der Waals surface area contributed by atoms with E-state index in [1.54, 1.807) is 12.3 Å². The smallest absolute Gasteiger partial charge is 0.249 e. The van der Waals surface area contributed by atoms with E-state index < -0.39 is 19.9 Å². The third-order valence-electron chi connectivity index (χ3n) is 3.28. The van der Waals surface area contributed by atoms with E-state index in [1.165, 1.54) is 0 Å². The molecule has 0 unspecified atom stereocenters. The molecule has 2 heterocycles. The van der Waals surface area contributed by atoms with Gasteiger partial charge in [-0.05, 0) is 24.3 Å². The van der Waals surface area contributed by atoms with Crippen molar-refractivity contribution in [1.29, 1.82) is 0 Å². The summed E-state index contributed by atoms with van der Waals surface area (Å²) in [5, 5.41) is 1.79. The van der Waals surface area contributed by atoms with Crippen molar-refractivity contribution < 1.29 is 12.6 Å². The molecular weight excluding hydrogens is 310 g/mol. The van der Waals surface area contributed by atoms with Gasteiger partial charge in [0.25, 0.3) is 0 Å². The van der Waals surface area contributed by atoms with Crippen LogP contribution in [0.25, 0.3) is 10.8 Å². The lowest BCUT2D eigenvalue weighted by Crippen LogP contribution is -2.14. The van der Waals surface area contributed by atoms with Crippen LogP contribution in [0.1, 0.15) is 12.8 Å². The second-order valence-corrected chi connectivity index (χ2v) is 9.07. The maximum atomic E-state index is 12.2. The summed E-state index contributed by atoms with van der Waals surface area (Å²) in [4.78, 5) is 4.05. The van der Waals surface area contributed by atoms with Crippen LogP contribution in [0.2, 0.25) is 0 Å². The van der Waals surface area contributed by atoms with Crippen molar-refractivity contribution in [1.82, 2.24) is 4.98 Å². The Bertz CT molecular complexity index is 888. The van der Waals surface area contributed by atoms with Crippen LogP contribution in [-0.2, 0) is 19.9 Å². The highest BCUT2D eigenvalue weighted by molar-refractivity contribution is 8.03. The molecule has 112 valence electrons. The molecule has 8 heteroatoms. The number of pyridine rings is 1. The fourth-order valence-electron chi connectivity index (χ4n) is 2.30. The van der Waals surface area contributed by atoms with Crippen LogP contribution in [0.4, 0.5) is 5.82 Å². The number of aromatic nitrogens is 1. The predicted molar refractivity (Wildman–Crippen MR) is 83.8 cm³/mol. The van der Waals surface area contributed by atoms with Gasteiger partial charge >= 0.3 is 10.2 Å². The molecular formula is C13H15N3O3S2. The lowest BCUT2D eigenvalue weighted by atomic mass is 10.2. The molecule has 0 spiro atoms. The van der Waals surface area contributed by atoms with Gasteiger partial charge in [0.2, 0.25) is 0 Å². The molecule has 0 bridgehead atoms. The largest absolute Gasteiger partial charge is 0.351 e. The van der Waals surface area contributed by atoms with Crippen LogP contribution in [0.5, 0.6) is 0 Å². The molecule has 1 aliphatic heterocycles. The van der Waals surface area contributed by atoms with Crippen molar-refractivity contribution in [3.05, 3.63) is 36.5 Å². The summed E-state index contributed by atoms with van der Waals surface area (Å²) in [5.74, 6) is 0.872. The van der Waals surface area contributed by atoms with Gasteiger partial charge in [0.05, 0.1) is 9.73 Å². The number of nitrogens with one attached hydrogen (secondary N) is 1. The quantitative estimate of drug-likeness (QED) is 0.936. The lowest BCUT2D eigenvalue weighted by Gasteiger charge is -2.06. The summed E-state index contributed by atoms with van der Waals surface area (Å²) < 4.78 is 42.0. The summed E-state index contributed by atoms with van der Waals surface area (Å²) in [6, 6.07) is 9.13. The molecule has 1 aliphatic rings. The molecule has 2 aromatic rings.